The van der Waals surface area contributed by atoms with Crippen molar-refractivity contribution in [1.29, 1.82) is 0 Å². The van der Waals surface area contributed by atoms with Crippen molar-refractivity contribution in [2.24, 2.45) is 0 Å². The van der Waals surface area contributed by atoms with E-state index in [1.54, 1.807) is 13.0 Å². The number of benzene rings is 4. The van der Waals surface area contributed by atoms with Crippen LogP contribution in [0.4, 0.5) is 0 Å². The Kier molecular flexibility index (Phi) is 5.98. The highest BCUT2D eigenvalue weighted by atomic mass is 16.5. The van der Waals surface area contributed by atoms with Gasteiger partial charge < -0.3 is 9.47 Å². The smallest absolute Gasteiger partial charge is 0.279 e. The van der Waals surface area contributed by atoms with Crippen LogP contribution in [-0.2, 0) is 9.59 Å². The molecular weight excluding hydrogens is 392 g/mol. The van der Waals surface area contributed by atoms with Crippen LogP contribution in [0.15, 0.2) is 84.9 Å². The first-order valence-electron chi connectivity index (χ1n) is 9.94. The fourth-order valence-corrected chi connectivity index (χ4v) is 3.17. The van der Waals surface area contributed by atoms with E-state index in [9.17, 15) is 9.59 Å². The normalized spacial score (nSPS) is 11.6. The largest absolute Gasteiger partial charge is 0.484 e. The second-order valence-electron chi connectivity index (χ2n) is 7.10. The second-order valence-corrected chi connectivity index (χ2v) is 7.10. The van der Waals surface area contributed by atoms with E-state index in [0.717, 1.165) is 21.5 Å². The topological polar surface area (TPSA) is 76.7 Å². The number of amides is 2. The summed E-state index contributed by atoms with van der Waals surface area (Å²) in [5, 5.41) is 4.22. The van der Waals surface area contributed by atoms with Gasteiger partial charge in [-0.15, -0.1) is 0 Å². The first-order valence-corrected chi connectivity index (χ1v) is 9.94. The molecule has 6 nitrogen and oxygen atoms in total. The van der Waals surface area contributed by atoms with Gasteiger partial charge in [0.15, 0.2) is 12.7 Å². The van der Waals surface area contributed by atoms with Crippen LogP contribution in [-0.4, -0.2) is 24.5 Å². The van der Waals surface area contributed by atoms with Crippen molar-refractivity contribution in [2.75, 3.05) is 6.61 Å². The summed E-state index contributed by atoms with van der Waals surface area (Å²) in [5.74, 6) is 0.215. The molecule has 2 amide bonds. The van der Waals surface area contributed by atoms with Gasteiger partial charge >= 0.3 is 0 Å². The number of nitrogens with one attached hydrogen (secondary N) is 2. The molecule has 0 fully saturated rings. The van der Waals surface area contributed by atoms with Gasteiger partial charge in [-0.25, -0.2) is 0 Å². The quantitative estimate of drug-likeness (QED) is 0.468. The number of fused-ring (bicyclic) bond motifs is 2. The predicted molar refractivity (Wildman–Crippen MR) is 120 cm³/mol. The van der Waals surface area contributed by atoms with E-state index in [0.29, 0.717) is 11.5 Å². The van der Waals surface area contributed by atoms with Crippen LogP contribution < -0.4 is 20.3 Å². The summed E-state index contributed by atoms with van der Waals surface area (Å²) in [6.07, 6.45) is -0.789. The zero-order chi connectivity index (χ0) is 21.6. The molecule has 2 N–H and O–H groups in total. The fourth-order valence-electron chi connectivity index (χ4n) is 3.17. The summed E-state index contributed by atoms with van der Waals surface area (Å²) in [5.41, 5.74) is 4.70. The maximum Gasteiger partial charge on any atom is 0.279 e. The molecule has 1 atom stereocenters. The number of ether oxygens (including phenoxy) is 2. The molecule has 0 aliphatic carbocycles. The van der Waals surface area contributed by atoms with Gasteiger partial charge in [-0.2, -0.15) is 0 Å². The lowest BCUT2D eigenvalue weighted by Gasteiger charge is -2.15. The lowest BCUT2D eigenvalue weighted by molar-refractivity contribution is -0.133. The molecule has 4 aromatic rings. The van der Waals surface area contributed by atoms with Crippen molar-refractivity contribution in [3.63, 3.8) is 0 Å². The van der Waals surface area contributed by atoms with Gasteiger partial charge in [0.2, 0.25) is 0 Å². The third-order valence-corrected chi connectivity index (χ3v) is 4.82. The minimum absolute atomic E-state index is 0.224. The molecule has 6 heteroatoms. The summed E-state index contributed by atoms with van der Waals surface area (Å²) >= 11 is 0. The lowest BCUT2D eigenvalue weighted by atomic mass is 10.1. The number of carbonyl (C=O) groups is 2. The maximum absolute atomic E-state index is 12.2. The Bertz CT molecular complexity index is 1240. The van der Waals surface area contributed by atoms with Crippen LogP contribution in [0.25, 0.3) is 21.5 Å². The van der Waals surface area contributed by atoms with Gasteiger partial charge in [0.1, 0.15) is 11.5 Å². The van der Waals surface area contributed by atoms with E-state index in [1.807, 2.05) is 78.9 Å². The van der Waals surface area contributed by atoms with Crippen molar-refractivity contribution < 1.29 is 19.1 Å². The monoisotopic (exact) mass is 414 g/mol. The van der Waals surface area contributed by atoms with Crippen LogP contribution in [0.5, 0.6) is 11.5 Å². The molecule has 0 aliphatic heterocycles. The van der Waals surface area contributed by atoms with Crippen LogP contribution in [0.3, 0.4) is 0 Å². The molecule has 156 valence electrons. The fraction of sp³-hybridized carbons (Fsp3) is 0.120. The number of hydrogen-bond acceptors (Lipinski definition) is 4. The third-order valence-electron chi connectivity index (χ3n) is 4.82. The molecule has 0 bridgehead atoms. The van der Waals surface area contributed by atoms with E-state index in [2.05, 4.69) is 10.9 Å². The Balaban J connectivity index is 1.25. The lowest BCUT2D eigenvalue weighted by Crippen LogP contribution is -2.48. The van der Waals surface area contributed by atoms with E-state index in [-0.39, 0.29) is 6.61 Å². The van der Waals surface area contributed by atoms with E-state index >= 15 is 0 Å². The van der Waals surface area contributed by atoms with Gasteiger partial charge in [0.05, 0.1) is 0 Å². The summed E-state index contributed by atoms with van der Waals surface area (Å²) in [7, 11) is 0. The molecule has 0 saturated carbocycles. The molecular formula is C25H22N2O4. The zero-order valence-electron chi connectivity index (χ0n) is 17.0. The van der Waals surface area contributed by atoms with Gasteiger partial charge in [-0.05, 0) is 52.7 Å². The third kappa shape index (κ3) is 5.11. The van der Waals surface area contributed by atoms with Crippen molar-refractivity contribution in [3.05, 3.63) is 84.9 Å². The van der Waals surface area contributed by atoms with Crippen molar-refractivity contribution in [3.8, 4) is 11.5 Å². The van der Waals surface area contributed by atoms with Gasteiger partial charge in [0, 0.05) is 0 Å². The molecule has 0 unspecified atom stereocenters. The Hall–Kier alpha value is -4.06. The van der Waals surface area contributed by atoms with Crippen LogP contribution in [0.2, 0.25) is 0 Å². The second kappa shape index (κ2) is 9.17. The molecule has 0 spiro atoms. The standard InChI is InChI=1S/C25H22N2O4/c1-17(31-23-13-11-19-7-3-5-9-21(19)15-23)25(29)27-26-24(28)16-30-22-12-10-18-6-2-4-8-20(18)14-22/h2-15,17H,16H2,1H3,(H,26,28)(H,27,29)/t17-/m0/s1. The number of hydrazine groups is 1. The summed E-state index contributed by atoms with van der Waals surface area (Å²) < 4.78 is 11.2. The van der Waals surface area contributed by atoms with Crippen molar-refractivity contribution in [2.45, 2.75) is 13.0 Å². The van der Waals surface area contributed by atoms with Gasteiger partial charge in [0.25, 0.3) is 11.8 Å². The highest BCUT2D eigenvalue weighted by Gasteiger charge is 2.16. The average Bonchev–Trinajstić information content (AvgIpc) is 2.81. The van der Waals surface area contributed by atoms with Gasteiger partial charge in [-0.1, -0.05) is 60.7 Å². The van der Waals surface area contributed by atoms with Crippen LogP contribution in [0, 0.1) is 0 Å². The number of hydrogen-bond donors (Lipinski definition) is 2. The van der Waals surface area contributed by atoms with Crippen LogP contribution in [0.1, 0.15) is 6.92 Å². The highest BCUT2D eigenvalue weighted by molar-refractivity contribution is 5.86. The van der Waals surface area contributed by atoms with E-state index in [4.69, 9.17) is 9.47 Å². The van der Waals surface area contributed by atoms with E-state index in [1.165, 1.54) is 0 Å². The Morgan fingerprint density at radius 2 is 1.29 bits per heavy atom. The molecule has 4 aromatic carbocycles. The molecule has 0 aliphatic rings. The molecule has 0 saturated heterocycles. The summed E-state index contributed by atoms with van der Waals surface area (Å²) in [6, 6.07) is 27.0. The van der Waals surface area contributed by atoms with Crippen LogP contribution >= 0.6 is 0 Å². The number of rotatable bonds is 6. The minimum Gasteiger partial charge on any atom is -0.484 e. The van der Waals surface area contributed by atoms with E-state index < -0.39 is 17.9 Å². The molecule has 4 rings (SSSR count). The number of carbonyl (C=O) groups excluding carboxylic acids is 2. The van der Waals surface area contributed by atoms with Crippen molar-refractivity contribution >= 4 is 33.4 Å². The SMILES string of the molecule is C[C@H](Oc1ccc2ccccc2c1)C(=O)NNC(=O)COc1ccc2ccccc2c1. The Morgan fingerprint density at radius 3 is 1.94 bits per heavy atom. The maximum atomic E-state index is 12.2. The minimum atomic E-state index is -0.789. The molecule has 0 aromatic heterocycles. The first kappa shape index (κ1) is 20.2. The van der Waals surface area contributed by atoms with Crippen molar-refractivity contribution in [1.82, 2.24) is 10.9 Å². The molecule has 0 heterocycles. The zero-order valence-corrected chi connectivity index (χ0v) is 17.0. The summed E-state index contributed by atoms with van der Waals surface area (Å²) in [6.45, 7) is 1.39. The molecule has 31 heavy (non-hydrogen) atoms. The highest BCUT2D eigenvalue weighted by Crippen LogP contribution is 2.22. The Morgan fingerprint density at radius 1 is 0.742 bits per heavy atom. The molecule has 0 radical (unpaired) electrons. The summed E-state index contributed by atoms with van der Waals surface area (Å²) in [4.78, 5) is 24.3. The van der Waals surface area contributed by atoms with Gasteiger partial charge in [-0.3, -0.25) is 20.4 Å². The first-order chi connectivity index (χ1) is 15.1. The Labute approximate surface area is 179 Å². The predicted octanol–water partition coefficient (Wildman–Crippen LogP) is 3.99. The average molecular weight is 414 g/mol.